The number of carbonyl (C=O) groups is 2. The average Bonchev–Trinajstić information content (AvgIpc) is 2.89. The van der Waals surface area contributed by atoms with Gasteiger partial charge in [0.1, 0.15) is 0 Å². The molecule has 0 bridgehead atoms. The van der Waals surface area contributed by atoms with Gasteiger partial charge in [0, 0.05) is 45.4 Å². The van der Waals surface area contributed by atoms with E-state index in [9.17, 15) is 9.59 Å². The normalized spacial score (nSPS) is 23.3. The Bertz CT molecular complexity index is 380. The molecule has 0 aromatic heterocycles. The number of hydrogen-bond acceptors (Lipinski definition) is 4. The van der Waals surface area contributed by atoms with Crippen molar-refractivity contribution in [2.45, 2.75) is 51.7 Å². The molecular weight excluding hydrogens is 284 g/mol. The van der Waals surface area contributed by atoms with Crippen LogP contribution in [-0.2, 0) is 19.1 Å². The van der Waals surface area contributed by atoms with Gasteiger partial charge in [0.2, 0.25) is 11.8 Å². The molecule has 2 fully saturated rings. The molecule has 0 radical (unpaired) electrons. The molecule has 0 aromatic rings. The second kappa shape index (κ2) is 8.48. The minimum absolute atomic E-state index is 0.00698. The van der Waals surface area contributed by atoms with E-state index in [4.69, 9.17) is 9.47 Å². The molecule has 22 heavy (non-hydrogen) atoms. The number of hydrogen-bond donors (Lipinski definition) is 1. The molecule has 6 nitrogen and oxygen atoms in total. The van der Waals surface area contributed by atoms with Crippen LogP contribution < -0.4 is 5.32 Å². The molecule has 1 unspecified atom stereocenters. The van der Waals surface area contributed by atoms with Crippen LogP contribution in [0.5, 0.6) is 0 Å². The molecule has 2 rings (SSSR count). The number of carbonyl (C=O) groups excluding carboxylic acids is 2. The lowest BCUT2D eigenvalue weighted by Crippen LogP contribution is -2.41. The maximum Gasteiger partial charge on any atom is 0.225 e. The Morgan fingerprint density at radius 3 is 2.82 bits per heavy atom. The molecule has 0 saturated carbocycles. The van der Waals surface area contributed by atoms with Crippen LogP contribution in [0.3, 0.4) is 0 Å². The maximum absolute atomic E-state index is 12.2. The first-order chi connectivity index (χ1) is 10.6. The van der Waals surface area contributed by atoms with Crippen LogP contribution in [0.15, 0.2) is 0 Å². The fraction of sp³-hybridized carbons (Fsp3) is 0.875. The molecule has 1 atom stereocenters. The SMILES string of the molecule is CC(C)OCCCNC(=O)C1CC(=O)N(C2CCOCC2)C1. The van der Waals surface area contributed by atoms with Crippen molar-refractivity contribution < 1.29 is 19.1 Å². The van der Waals surface area contributed by atoms with Gasteiger partial charge in [-0.05, 0) is 33.1 Å². The van der Waals surface area contributed by atoms with Crippen molar-refractivity contribution in [1.29, 1.82) is 0 Å². The molecule has 0 aromatic carbocycles. The van der Waals surface area contributed by atoms with Crippen LogP contribution in [0.25, 0.3) is 0 Å². The molecule has 0 aliphatic carbocycles. The fourth-order valence-electron chi connectivity index (χ4n) is 3.00. The highest BCUT2D eigenvalue weighted by Crippen LogP contribution is 2.24. The van der Waals surface area contributed by atoms with Gasteiger partial charge in [-0.15, -0.1) is 0 Å². The van der Waals surface area contributed by atoms with E-state index in [2.05, 4.69) is 5.32 Å². The fourth-order valence-corrected chi connectivity index (χ4v) is 3.00. The van der Waals surface area contributed by atoms with E-state index in [1.165, 1.54) is 0 Å². The van der Waals surface area contributed by atoms with Gasteiger partial charge in [0.25, 0.3) is 0 Å². The van der Waals surface area contributed by atoms with Gasteiger partial charge >= 0.3 is 0 Å². The summed E-state index contributed by atoms with van der Waals surface area (Å²) in [6, 6.07) is 0.249. The smallest absolute Gasteiger partial charge is 0.225 e. The molecule has 1 N–H and O–H groups in total. The van der Waals surface area contributed by atoms with Gasteiger partial charge in [-0.2, -0.15) is 0 Å². The molecule has 126 valence electrons. The number of likely N-dealkylation sites (tertiary alicyclic amines) is 1. The highest BCUT2D eigenvalue weighted by Gasteiger charge is 2.38. The third-order valence-corrected chi connectivity index (χ3v) is 4.23. The Morgan fingerprint density at radius 2 is 2.14 bits per heavy atom. The zero-order chi connectivity index (χ0) is 15.9. The van der Waals surface area contributed by atoms with E-state index in [-0.39, 0.29) is 29.9 Å². The topological polar surface area (TPSA) is 67.9 Å². The maximum atomic E-state index is 12.2. The van der Waals surface area contributed by atoms with E-state index < -0.39 is 0 Å². The average molecular weight is 312 g/mol. The van der Waals surface area contributed by atoms with Gasteiger partial charge in [-0.3, -0.25) is 9.59 Å². The van der Waals surface area contributed by atoms with Gasteiger partial charge < -0.3 is 19.7 Å². The number of ether oxygens (including phenoxy) is 2. The Kier molecular flexibility index (Phi) is 6.64. The van der Waals surface area contributed by atoms with E-state index in [1.807, 2.05) is 18.7 Å². The molecule has 2 heterocycles. The summed E-state index contributed by atoms with van der Waals surface area (Å²) in [5, 5.41) is 2.92. The third kappa shape index (κ3) is 4.95. The van der Waals surface area contributed by atoms with Gasteiger partial charge in [-0.1, -0.05) is 0 Å². The predicted octanol–water partition coefficient (Wildman–Crippen LogP) is 0.945. The first-order valence-corrected chi connectivity index (χ1v) is 8.34. The Hall–Kier alpha value is -1.14. The summed E-state index contributed by atoms with van der Waals surface area (Å²) in [4.78, 5) is 26.2. The number of rotatable bonds is 7. The van der Waals surface area contributed by atoms with E-state index in [0.29, 0.717) is 39.3 Å². The zero-order valence-corrected chi connectivity index (χ0v) is 13.7. The van der Waals surface area contributed by atoms with Gasteiger partial charge in [-0.25, -0.2) is 0 Å². The van der Waals surface area contributed by atoms with E-state index in [1.54, 1.807) is 0 Å². The molecule has 2 aliphatic rings. The number of nitrogens with one attached hydrogen (secondary N) is 1. The highest BCUT2D eigenvalue weighted by molar-refractivity contribution is 5.89. The molecule has 0 spiro atoms. The molecule has 6 heteroatoms. The molecular formula is C16H28N2O4. The van der Waals surface area contributed by atoms with Crippen molar-refractivity contribution in [1.82, 2.24) is 10.2 Å². The lowest BCUT2D eigenvalue weighted by molar-refractivity contribution is -0.131. The first-order valence-electron chi connectivity index (χ1n) is 8.34. The lowest BCUT2D eigenvalue weighted by Gasteiger charge is -2.31. The van der Waals surface area contributed by atoms with Crippen molar-refractivity contribution in [2.24, 2.45) is 5.92 Å². The zero-order valence-electron chi connectivity index (χ0n) is 13.7. The Morgan fingerprint density at radius 1 is 1.41 bits per heavy atom. The monoisotopic (exact) mass is 312 g/mol. The second-order valence-corrected chi connectivity index (χ2v) is 6.35. The summed E-state index contributed by atoms with van der Waals surface area (Å²) in [6.07, 6.45) is 3.12. The minimum Gasteiger partial charge on any atom is -0.381 e. The summed E-state index contributed by atoms with van der Waals surface area (Å²) in [6.45, 7) is 7.21. The van der Waals surface area contributed by atoms with Gasteiger partial charge in [0.05, 0.1) is 12.0 Å². The second-order valence-electron chi connectivity index (χ2n) is 6.35. The van der Waals surface area contributed by atoms with Crippen molar-refractivity contribution in [2.75, 3.05) is 32.9 Å². The quantitative estimate of drug-likeness (QED) is 0.711. The third-order valence-electron chi connectivity index (χ3n) is 4.23. The van der Waals surface area contributed by atoms with E-state index >= 15 is 0 Å². The summed E-state index contributed by atoms with van der Waals surface area (Å²) in [7, 11) is 0. The van der Waals surface area contributed by atoms with Crippen LogP contribution in [0.4, 0.5) is 0 Å². The molecule has 2 amide bonds. The van der Waals surface area contributed by atoms with Crippen molar-refractivity contribution in [3.63, 3.8) is 0 Å². The summed E-state index contributed by atoms with van der Waals surface area (Å²) >= 11 is 0. The predicted molar refractivity (Wildman–Crippen MR) is 82.4 cm³/mol. The first kappa shape index (κ1) is 17.2. The van der Waals surface area contributed by atoms with Crippen molar-refractivity contribution in [3.8, 4) is 0 Å². The van der Waals surface area contributed by atoms with E-state index in [0.717, 1.165) is 19.3 Å². The number of amides is 2. The minimum atomic E-state index is -0.207. The van der Waals surface area contributed by atoms with Crippen LogP contribution in [0.2, 0.25) is 0 Å². The molecule has 2 aliphatic heterocycles. The highest BCUT2D eigenvalue weighted by atomic mass is 16.5. The van der Waals surface area contributed by atoms with Crippen LogP contribution >= 0.6 is 0 Å². The standard InChI is InChI=1S/C16H28N2O4/c1-12(2)22-7-3-6-17-16(20)13-10-15(19)18(11-13)14-4-8-21-9-5-14/h12-14H,3-11H2,1-2H3,(H,17,20). The molecule has 2 saturated heterocycles. The summed E-state index contributed by atoms with van der Waals surface area (Å²) < 4.78 is 10.8. The van der Waals surface area contributed by atoms with Crippen molar-refractivity contribution >= 4 is 11.8 Å². The summed E-state index contributed by atoms with van der Waals surface area (Å²) in [5.41, 5.74) is 0. The van der Waals surface area contributed by atoms with Gasteiger partial charge in [0.15, 0.2) is 0 Å². The number of nitrogens with zero attached hydrogens (tertiary/aromatic N) is 1. The van der Waals surface area contributed by atoms with Crippen molar-refractivity contribution in [3.05, 3.63) is 0 Å². The Balaban J connectivity index is 1.69. The van der Waals surface area contributed by atoms with Crippen LogP contribution in [0.1, 0.15) is 39.5 Å². The Labute approximate surface area is 132 Å². The largest absolute Gasteiger partial charge is 0.381 e. The summed E-state index contributed by atoms with van der Waals surface area (Å²) in [5.74, 6) is -0.107. The van der Waals surface area contributed by atoms with Crippen LogP contribution in [-0.4, -0.2) is 61.8 Å². The lowest BCUT2D eigenvalue weighted by atomic mass is 10.1. The van der Waals surface area contributed by atoms with Crippen LogP contribution in [0, 0.1) is 5.92 Å².